The van der Waals surface area contributed by atoms with Gasteiger partial charge in [-0.15, -0.1) is 0 Å². The second-order valence-electron chi connectivity index (χ2n) is 6.34. The van der Waals surface area contributed by atoms with E-state index >= 15 is 0 Å². The highest BCUT2D eigenvalue weighted by molar-refractivity contribution is 5.85. The van der Waals surface area contributed by atoms with Gasteiger partial charge in [-0.05, 0) is 27.2 Å². The molecule has 2 atom stereocenters. The van der Waals surface area contributed by atoms with Gasteiger partial charge < -0.3 is 25.4 Å². The highest BCUT2D eigenvalue weighted by Crippen LogP contribution is 2.23. The molecule has 2 unspecified atom stereocenters. The first-order valence-electron chi connectivity index (χ1n) is 6.84. The first kappa shape index (κ1) is 17.7. The minimum Gasteiger partial charge on any atom is -0.479 e. The van der Waals surface area contributed by atoms with Crippen LogP contribution in [-0.2, 0) is 9.53 Å². The van der Waals surface area contributed by atoms with Gasteiger partial charge in [-0.1, -0.05) is 0 Å². The predicted octanol–water partition coefficient (Wildman–Crippen LogP) is -0.607. The fourth-order valence-electron chi connectivity index (χ4n) is 2.23. The molecule has 1 amide bonds. The Balaban J connectivity index is 2.69. The Labute approximate surface area is 123 Å². The van der Waals surface area contributed by atoms with Gasteiger partial charge in [-0.2, -0.15) is 0 Å². The number of rotatable bonds is 5. The molecule has 0 aromatic rings. The second kappa shape index (κ2) is 6.59. The largest absolute Gasteiger partial charge is 0.479 e. The summed E-state index contributed by atoms with van der Waals surface area (Å²) in [5.41, 5.74) is -2.15. The summed E-state index contributed by atoms with van der Waals surface area (Å²) in [7, 11) is 0. The summed E-state index contributed by atoms with van der Waals surface area (Å²) in [6, 6.07) is 0. The number of carboxylic acid groups (broad SMARTS) is 1. The summed E-state index contributed by atoms with van der Waals surface area (Å²) in [5, 5.41) is 30.1. The lowest BCUT2D eigenvalue weighted by Gasteiger charge is -2.28. The molecule has 1 aliphatic rings. The SMILES string of the molecule is CC(C)(C)OC(=O)NC1(C(=O)O)CCN(CC(O)CO)C1. The molecule has 1 heterocycles. The van der Waals surface area contributed by atoms with E-state index in [0.717, 1.165) is 0 Å². The van der Waals surface area contributed by atoms with Gasteiger partial charge in [0, 0.05) is 19.6 Å². The summed E-state index contributed by atoms with van der Waals surface area (Å²) < 4.78 is 5.09. The number of amides is 1. The van der Waals surface area contributed by atoms with Crippen molar-refractivity contribution in [2.45, 2.75) is 44.4 Å². The Kier molecular flexibility index (Phi) is 5.54. The molecule has 1 rings (SSSR count). The minimum atomic E-state index is -1.43. The molecule has 0 saturated carbocycles. The number of hydrogen-bond acceptors (Lipinski definition) is 6. The molecule has 0 radical (unpaired) electrons. The number of likely N-dealkylation sites (tertiary alicyclic amines) is 1. The number of carbonyl (C=O) groups excluding carboxylic acids is 1. The third-order valence-corrected chi connectivity index (χ3v) is 3.18. The fourth-order valence-corrected chi connectivity index (χ4v) is 2.23. The summed E-state index contributed by atoms with van der Waals surface area (Å²) in [5.74, 6) is -1.14. The van der Waals surface area contributed by atoms with Crippen LogP contribution < -0.4 is 5.32 Å². The molecule has 1 aliphatic heterocycles. The number of β-amino-alcohol motifs (C(OH)–C–C–N with tert-alkyl or cyclic N) is 1. The molecule has 0 aromatic carbocycles. The average molecular weight is 304 g/mol. The Morgan fingerprint density at radius 2 is 2.05 bits per heavy atom. The van der Waals surface area contributed by atoms with Crippen LogP contribution in [0.4, 0.5) is 4.79 Å². The number of carboxylic acids is 1. The van der Waals surface area contributed by atoms with Crippen LogP contribution in [0, 0.1) is 0 Å². The molecule has 21 heavy (non-hydrogen) atoms. The van der Waals surface area contributed by atoms with Crippen LogP contribution in [0.3, 0.4) is 0 Å². The molecule has 0 aromatic heterocycles. The van der Waals surface area contributed by atoms with E-state index in [1.54, 1.807) is 25.7 Å². The quantitative estimate of drug-likeness (QED) is 0.535. The maximum Gasteiger partial charge on any atom is 0.408 e. The van der Waals surface area contributed by atoms with E-state index in [-0.39, 0.29) is 19.5 Å². The number of hydrogen-bond donors (Lipinski definition) is 4. The molecule has 1 saturated heterocycles. The third-order valence-electron chi connectivity index (χ3n) is 3.18. The monoisotopic (exact) mass is 304 g/mol. The van der Waals surface area contributed by atoms with Crippen molar-refractivity contribution in [2.75, 3.05) is 26.2 Å². The summed E-state index contributed by atoms with van der Waals surface area (Å²) in [4.78, 5) is 25.0. The van der Waals surface area contributed by atoms with Gasteiger partial charge in [0.05, 0.1) is 12.7 Å². The van der Waals surface area contributed by atoms with Crippen LogP contribution in [0.5, 0.6) is 0 Å². The standard InChI is InChI=1S/C13H24N2O6/c1-12(2,3)21-11(20)14-13(10(18)19)4-5-15(8-13)6-9(17)7-16/h9,16-17H,4-8H2,1-3H3,(H,14,20)(H,18,19). The number of aliphatic hydroxyl groups is 2. The Hall–Kier alpha value is -1.38. The fraction of sp³-hybridized carbons (Fsp3) is 0.846. The topological polar surface area (TPSA) is 119 Å². The first-order chi connectivity index (χ1) is 9.58. The molecule has 0 spiro atoms. The van der Waals surface area contributed by atoms with Gasteiger partial charge in [0.1, 0.15) is 5.60 Å². The van der Waals surface area contributed by atoms with E-state index in [1.165, 1.54) is 0 Å². The van der Waals surface area contributed by atoms with Gasteiger partial charge in [-0.25, -0.2) is 9.59 Å². The summed E-state index contributed by atoms with van der Waals surface area (Å²) in [6.45, 7) is 5.30. The van der Waals surface area contributed by atoms with Crippen LogP contribution >= 0.6 is 0 Å². The highest BCUT2D eigenvalue weighted by Gasteiger charge is 2.47. The first-order valence-corrected chi connectivity index (χ1v) is 6.84. The highest BCUT2D eigenvalue weighted by atomic mass is 16.6. The van der Waals surface area contributed by atoms with E-state index in [9.17, 15) is 19.8 Å². The molecular weight excluding hydrogens is 280 g/mol. The predicted molar refractivity (Wildman–Crippen MR) is 73.9 cm³/mol. The van der Waals surface area contributed by atoms with Crippen LogP contribution in [0.25, 0.3) is 0 Å². The van der Waals surface area contributed by atoms with E-state index < -0.39 is 35.9 Å². The molecule has 8 nitrogen and oxygen atoms in total. The lowest BCUT2D eigenvalue weighted by atomic mass is 9.99. The number of aliphatic hydroxyl groups excluding tert-OH is 2. The number of nitrogens with one attached hydrogen (secondary N) is 1. The van der Waals surface area contributed by atoms with Crippen molar-refractivity contribution in [1.82, 2.24) is 10.2 Å². The van der Waals surface area contributed by atoms with Crippen LogP contribution in [0.2, 0.25) is 0 Å². The number of nitrogens with zero attached hydrogens (tertiary/aromatic N) is 1. The van der Waals surface area contributed by atoms with Crippen LogP contribution in [-0.4, -0.2) is 75.8 Å². The minimum absolute atomic E-state index is 0.0542. The van der Waals surface area contributed by atoms with E-state index in [4.69, 9.17) is 9.84 Å². The lowest BCUT2D eigenvalue weighted by Crippen LogP contribution is -2.57. The van der Waals surface area contributed by atoms with Crippen molar-refractivity contribution in [3.8, 4) is 0 Å². The zero-order valence-electron chi connectivity index (χ0n) is 12.6. The van der Waals surface area contributed by atoms with Gasteiger partial charge in [0.15, 0.2) is 5.54 Å². The second-order valence-corrected chi connectivity index (χ2v) is 6.34. The van der Waals surface area contributed by atoms with Crippen LogP contribution in [0.1, 0.15) is 27.2 Å². The molecule has 0 aliphatic carbocycles. The van der Waals surface area contributed by atoms with Crippen molar-refractivity contribution in [3.63, 3.8) is 0 Å². The zero-order chi connectivity index (χ0) is 16.3. The van der Waals surface area contributed by atoms with Gasteiger partial charge in [-0.3, -0.25) is 4.90 Å². The molecule has 4 N–H and O–H groups in total. The zero-order valence-corrected chi connectivity index (χ0v) is 12.6. The number of ether oxygens (including phenoxy) is 1. The number of alkyl carbamates (subject to hydrolysis) is 1. The number of carbonyl (C=O) groups is 2. The van der Waals surface area contributed by atoms with Crippen molar-refractivity contribution in [3.05, 3.63) is 0 Å². The van der Waals surface area contributed by atoms with Crippen molar-refractivity contribution in [1.29, 1.82) is 0 Å². The molecular formula is C13H24N2O6. The normalized spacial score (nSPS) is 24.6. The van der Waals surface area contributed by atoms with E-state index in [1.807, 2.05) is 0 Å². The molecule has 1 fully saturated rings. The van der Waals surface area contributed by atoms with Crippen LogP contribution in [0.15, 0.2) is 0 Å². The Bertz CT molecular complexity index is 395. The maximum atomic E-state index is 11.8. The smallest absolute Gasteiger partial charge is 0.408 e. The average Bonchev–Trinajstić information content (AvgIpc) is 2.70. The van der Waals surface area contributed by atoms with Gasteiger partial charge in [0.25, 0.3) is 0 Å². The number of aliphatic carboxylic acids is 1. The van der Waals surface area contributed by atoms with Gasteiger partial charge >= 0.3 is 12.1 Å². The molecule has 122 valence electrons. The van der Waals surface area contributed by atoms with Crippen molar-refractivity contribution >= 4 is 12.1 Å². The summed E-state index contributed by atoms with van der Waals surface area (Å²) >= 11 is 0. The maximum absolute atomic E-state index is 11.8. The lowest BCUT2D eigenvalue weighted by molar-refractivity contribution is -0.144. The third kappa shape index (κ3) is 5.14. The van der Waals surface area contributed by atoms with Gasteiger partial charge in [0.2, 0.25) is 0 Å². The van der Waals surface area contributed by atoms with Crippen molar-refractivity contribution < 1.29 is 29.6 Å². The molecule has 0 bridgehead atoms. The Morgan fingerprint density at radius 1 is 1.43 bits per heavy atom. The summed E-state index contributed by atoms with van der Waals surface area (Å²) in [6.07, 6.45) is -1.51. The van der Waals surface area contributed by atoms with Crippen molar-refractivity contribution in [2.24, 2.45) is 0 Å². The van der Waals surface area contributed by atoms with E-state index in [0.29, 0.717) is 6.54 Å². The Morgan fingerprint density at radius 3 is 2.52 bits per heavy atom. The van der Waals surface area contributed by atoms with E-state index in [2.05, 4.69) is 5.32 Å². The molecule has 8 heteroatoms.